The maximum atomic E-state index is 0. The molecule has 0 aromatic heterocycles. The van der Waals surface area contributed by atoms with Gasteiger partial charge in [0.25, 0.3) is 0 Å². The first-order chi connectivity index (χ1) is 0. The quantitative estimate of drug-likeness (QED) is 0.302. The Kier molecular flexibility index (Phi) is 8750. The first kappa shape index (κ1) is 298. The standard InChI is InChI=1S/ClH.Mg.4H2O.2H/h1H;;4*1H2;;. The summed E-state index contributed by atoms with van der Waals surface area (Å²) in [5.41, 5.74) is 0. The molecule has 0 atom stereocenters. The average Bonchev–Trinajstić information content (AvgIpc) is 0. The second kappa shape index (κ2) is 176. The molecule has 44 valence electrons. The minimum Gasteiger partial charge on any atom is -0.412 e. The highest BCUT2D eigenvalue weighted by Crippen LogP contribution is 0.690. The van der Waals surface area contributed by atoms with Crippen LogP contribution in [0.5, 0.6) is 0 Å². The fourth-order valence-corrected chi connectivity index (χ4v) is 0. The molecule has 0 bridgehead atoms. The van der Waals surface area contributed by atoms with Crippen molar-refractivity contribution in [1.29, 1.82) is 0 Å². The van der Waals surface area contributed by atoms with Crippen LogP contribution in [0.2, 0.25) is 0 Å². The third-order valence-corrected chi connectivity index (χ3v) is 0. The zero-order valence-corrected chi connectivity index (χ0v) is 3.22. The van der Waals surface area contributed by atoms with E-state index in [-0.39, 0.29) is 57.4 Å². The molecule has 6 heavy (non-hydrogen) atoms. The summed E-state index contributed by atoms with van der Waals surface area (Å²) in [7, 11) is 0. The lowest BCUT2D eigenvalue weighted by atomic mass is 16.0. The van der Waals surface area contributed by atoms with Crippen LogP contribution < -0.4 is 0 Å². The highest BCUT2D eigenvalue weighted by molar-refractivity contribution is 5.85. The van der Waals surface area contributed by atoms with Crippen LogP contribution in [0, 0.1) is 0 Å². The Morgan fingerprint density at radius 2 is 0.500 bits per heavy atom. The number of halogens is 1. The summed E-state index contributed by atoms with van der Waals surface area (Å²) in [5, 5.41) is 0. The summed E-state index contributed by atoms with van der Waals surface area (Å²) < 4.78 is 0. The maximum Gasteiger partial charge on any atom is 0.316 e. The predicted molar refractivity (Wildman–Crippen MR) is 30.2 cm³/mol. The number of hydrogen-bond acceptors (Lipinski definition) is 0. The van der Waals surface area contributed by atoms with Gasteiger partial charge in [-0.05, 0) is 0 Å². The van der Waals surface area contributed by atoms with Crippen molar-refractivity contribution < 1.29 is 21.9 Å². The summed E-state index contributed by atoms with van der Waals surface area (Å²) in [5.74, 6) is 0. The van der Waals surface area contributed by atoms with Crippen LogP contribution in [0.15, 0.2) is 0 Å². The molecule has 0 heterocycles. The molecule has 0 aromatic carbocycles. The molecule has 0 aliphatic rings. The second-order valence-corrected chi connectivity index (χ2v) is 0. The van der Waals surface area contributed by atoms with E-state index in [0.717, 1.165) is 0 Å². The van der Waals surface area contributed by atoms with E-state index in [9.17, 15) is 0 Å². The second-order valence-electron chi connectivity index (χ2n) is 0. The van der Waals surface area contributed by atoms with E-state index in [1.54, 1.807) is 0 Å². The van der Waals surface area contributed by atoms with Crippen LogP contribution >= 0.6 is 12.4 Å². The lowest BCUT2D eigenvalue weighted by Crippen LogP contribution is -0.381. The van der Waals surface area contributed by atoms with Gasteiger partial charge in [-0.25, -0.2) is 0 Å². The van der Waals surface area contributed by atoms with Gasteiger partial charge >= 0.3 is 23.1 Å². The van der Waals surface area contributed by atoms with Gasteiger partial charge in [0.1, 0.15) is 0 Å². The van der Waals surface area contributed by atoms with Crippen LogP contribution in [0.4, 0.5) is 0 Å². The van der Waals surface area contributed by atoms with Gasteiger partial charge in [0.2, 0.25) is 0 Å². The largest absolute Gasteiger partial charge is 0.412 e. The van der Waals surface area contributed by atoms with Crippen LogP contribution in [-0.2, 0) is 0 Å². The molecule has 0 aromatic rings. The molecular formula is H11ClMgO4. The first-order valence-electron chi connectivity index (χ1n) is 0. The summed E-state index contributed by atoms with van der Waals surface area (Å²) in [6, 6.07) is 0. The van der Waals surface area contributed by atoms with Gasteiger partial charge in [0, 0.05) is 0 Å². The normalized spacial score (nSPS) is 0. The van der Waals surface area contributed by atoms with Gasteiger partial charge in [0.05, 0.1) is 0 Å². The highest BCUT2D eigenvalue weighted by atomic mass is 35.5. The van der Waals surface area contributed by atoms with Gasteiger partial charge in [0.15, 0.2) is 0 Å². The van der Waals surface area contributed by atoms with E-state index in [1.165, 1.54) is 0 Å². The topological polar surface area (TPSA) is 126 Å². The van der Waals surface area contributed by atoms with E-state index in [0.29, 0.717) is 0 Å². The van der Waals surface area contributed by atoms with Crippen LogP contribution in [0.25, 0.3) is 0 Å². The molecular weight excluding hydrogens is 124 g/mol. The summed E-state index contributed by atoms with van der Waals surface area (Å²) in [6.45, 7) is 0. The first-order valence-corrected chi connectivity index (χ1v) is 0. The summed E-state index contributed by atoms with van der Waals surface area (Å²) in [6.07, 6.45) is 0. The Labute approximate surface area is 57.7 Å². The van der Waals surface area contributed by atoms with E-state index in [4.69, 9.17) is 0 Å². The predicted octanol–water partition coefficient (Wildman–Crippen LogP) is -3.79. The van der Waals surface area contributed by atoms with Crippen LogP contribution in [-0.4, -0.2) is 45.0 Å². The van der Waals surface area contributed by atoms with Crippen molar-refractivity contribution in [2.45, 2.75) is 0 Å². The van der Waals surface area contributed by atoms with Crippen molar-refractivity contribution in [2.24, 2.45) is 0 Å². The van der Waals surface area contributed by atoms with E-state index in [2.05, 4.69) is 0 Å². The Hall–Kier alpha value is 0.896. The molecule has 0 saturated carbocycles. The van der Waals surface area contributed by atoms with Crippen molar-refractivity contribution in [2.75, 3.05) is 0 Å². The lowest BCUT2D eigenvalue weighted by Gasteiger charge is -0.413. The Morgan fingerprint density at radius 1 is 0.500 bits per heavy atom. The molecule has 0 aliphatic heterocycles. The summed E-state index contributed by atoms with van der Waals surface area (Å²) >= 11 is 0. The molecule has 0 amide bonds. The SMILES string of the molecule is Cl.O.O.O.O.[MgH2]. The Morgan fingerprint density at radius 3 is 0.500 bits per heavy atom. The monoisotopic (exact) mass is 134 g/mol. The average molecular weight is 135 g/mol. The van der Waals surface area contributed by atoms with E-state index in [1.807, 2.05) is 0 Å². The minimum absolute atomic E-state index is 0. The smallest absolute Gasteiger partial charge is 0.316 e. The van der Waals surface area contributed by atoms with Gasteiger partial charge in [-0.1, -0.05) is 0 Å². The molecule has 0 fully saturated rings. The Balaban J connectivity index is 0. The molecule has 0 radical (unpaired) electrons. The molecule has 0 spiro atoms. The third kappa shape index (κ3) is 92.5. The van der Waals surface area contributed by atoms with Crippen molar-refractivity contribution in [3.05, 3.63) is 0 Å². The highest BCUT2D eigenvalue weighted by Gasteiger charge is 0.316. The maximum absolute atomic E-state index is 0. The minimum atomic E-state index is 0. The molecule has 0 unspecified atom stereocenters. The van der Waals surface area contributed by atoms with Crippen molar-refractivity contribution in [1.82, 2.24) is 0 Å². The fraction of sp³-hybridized carbons (Fsp3) is 0. The molecule has 6 heteroatoms. The molecule has 4 nitrogen and oxygen atoms in total. The Bertz CT molecular complexity index is 7.51. The zero-order chi connectivity index (χ0) is 0. The summed E-state index contributed by atoms with van der Waals surface area (Å²) in [4.78, 5) is 0. The van der Waals surface area contributed by atoms with Crippen molar-refractivity contribution >= 4 is 35.5 Å². The molecule has 8 N–H and O–H groups in total. The zero-order valence-electron chi connectivity index (χ0n) is 2.41. The molecule has 0 saturated heterocycles. The lowest BCUT2D eigenvalue weighted by molar-refractivity contribution is 0.823. The van der Waals surface area contributed by atoms with Gasteiger partial charge in [-0.2, -0.15) is 0 Å². The van der Waals surface area contributed by atoms with Crippen LogP contribution in [0.3, 0.4) is 0 Å². The van der Waals surface area contributed by atoms with E-state index < -0.39 is 0 Å². The molecule has 0 aliphatic carbocycles. The molecule has 0 rings (SSSR count). The van der Waals surface area contributed by atoms with Crippen LogP contribution in [0.1, 0.15) is 0 Å². The number of rotatable bonds is 0. The van der Waals surface area contributed by atoms with Crippen molar-refractivity contribution in [3.63, 3.8) is 0 Å². The van der Waals surface area contributed by atoms with Gasteiger partial charge < -0.3 is 21.9 Å². The van der Waals surface area contributed by atoms with E-state index >= 15 is 0 Å². The third-order valence-electron chi connectivity index (χ3n) is 0. The van der Waals surface area contributed by atoms with Crippen molar-refractivity contribution in [3.8, 4) is 0 Å². The fourth-order valence-electron chi connectivity index (χ4n) is 0. The van der Waals surface area contributed by atoms with Gasteiger partial charge in [-0.3, -0.25) is 0 Å². The van der Waals surface area contributed by atoms with Gasteiger partial charge in [-0.15, -0.1) is 12.4 Å². The number of hydrogen-bond donors (Lipinski definition) is 0.